The summed E-state index contributed by atoms with van der Waals surface area (Å²) in [7, 11) is 5.41. The van der Waals surface area contributed by atoms with Gasteiger partial charge in [0.1, 0.15) is 11.4 Å². The van der Waals surface area contributed by atoms with Gasteiger partial charge in [0, 0.05) is 25.8 Å². The molecule has 0 saturated carbocycles. The molecule has 1 N–H and O–H groups in total. The van der Waals surface area contributed by atoms with Gasteiger partial charge in [0.2, 0.25) is 0 Å². The van der Waals surface area contributed by atoms with Crippen LogP contribution in [0.4, 0.5) is 0 Å². The van der Waals surface area contributed by atoms with Crippen LogP contribution in [0.15, 0.2) is 24.3 Å². The van der Waals surface area contributed by atoms with E-state index in [2.05, 4.69) is 22.6 Å². The molecule has 20 heavy (non-hydrogen) atoms. The predicted octanol–water partition coefficient (Wildman–Crippen LogP) is 1.75. The molecule has 1 atom stereocenters. The summed E-state index contributed by atoms with van der Waals surface area (Å²) in [6.07, 6.45) is 0. The Hall–Kier alpha value is -1.92. The van der Waals surface area contributed by atoms with Crippen molar-refractivity contribution in [2.45, 2.75) is 13.0 Å². The number of methoxy groups -OCH3 is 1. The predicted molar refractivity (Wildman–Crippen MR) is 76.4 cm³/mol. The molecule has 0 aliphatic rings. The van der Waals surface area contributed by atoms with Crippen molar-refractivity contribution in [3.8, 4) is 17.0 Å². The van der Waals surface area contributed by atoms with Gasteiger partial charge < -0.3 is 14.8 Å². The lowest BCUT2D eigenvalue weighted by Crippen LogP contribution is -2.16. The standard InChI is InChI=1S/C14H20N4O2/c1-10(15-2)14-13(16-17-18(14)3)11-5-7-12(8-6-11)20-9-19-4/h5-8,10,15H,9H2,1-4H3. The van der Waals surface area contributed by atoms with Gasteiger partial charge in [-0.3, -0.25) is 4.68 Å². The van der Waals surface area contributed by atoms with Crippen molar-refractivity contribution in [3.63, 3.8) is 0 Å². The van der Waals surface area contributed by atoms with Gasteiger partial charge in [-0.2, -0.15) is 0 Å². The van der Waals surface area contributed by atoms with E-state index in [4.69, 9.17) is 9.47 Å². The Labute approximate surface area is 118 Å². The van der Waals surface area contributed by atoms with E-state index in [0.717, 1.165) is 22.7 Å². The molecule has 0 spiro atoms. The lowest BCUT2D eigenvalue weighted by molar-refractivity contribution is 0.0511. The zero-order valence-corrected chi connectivity index (χ0v) is 12.3. The van der Waals surface area contributed by atoms with E-state index in [1.165, 1.54) is 0 Å². The summed E-state index contributed by atoms with van der Waals surface area (Å²) in [5.41, 5.74) is 2.95. The van der Waals surface area contributed by atoms with Gasteiger partial charge in [-0.15, -0.1) is 5.10 Å². The minimum absolute atomic E-state index is 0.175. The number of ether oxygens (including phenoxy) is 2. The number of benzene rings is 1. The van der Waals surface area contributed by atoms with Gasteiger partial charge in [-0.1, -0.05) is 5.21 Å². The summed E-state index contributed by atoms with van der Waals surface area (Å²) in [5.74, 6) is 0.766. The van der Waals surface area contributed by atoms with Crippen LogP contribution in [-0.2, 0) is 11.8 Å². The van der Waals surface area contributed by atoms with E-state index in [0.29, 0.717) is 0 Å². The van der Waals surface area contributed by atoms with Crippen LogP contribution in [0.5, 0.6) is 5.75 Å². The third-order valence-corrected chi connectivity index (χ3v) is 3.18. The summed E-state index contributed by atoms with van der Waals surface area (Å²) in [5, 5.41) is 11.6. The molecule has 2 aromatic rings. The van der Waals surface area contributed by atoms with E-state index in [-0.39, 0.29) is 12.8 Å². The summed E-state index contributed by atoms with van der Waals surface area (Å²) >= 11 is 0. The van der Waals surface area contributed by atoms with Crippen LogP contribution >= 0.6 is 0 Å². The molecule has 0 aliphatic carbocycles. The Morgan fingerprint density at radius 1 is 1.30 bits per heavy atom. The first-order valence-electron chi connectivity index (χ1n) is 6.46. The molecule has 1 aromatic heterocycles. The summed E-state index contributed by atoms with van der Waals surface area (Å²) in [6, 6.07) is 7.92. The highest BCUT2D eigenvalue weighted by atomic mass is 16.7. The Kier molecular flexibility index (Phi) is 4.70. The Morgan fingerprint density at radius 3 is 2.60 bits per heavy atom. The van der Waals surface area contributed by atoms with E-state index >= 15 is 0 Å². The molecule has 0 saturated heterocycles. The average Bonchev–Trinajstić information content (AvgIpc) is 2.86. The number of hydrogen-bond acceptors (Lipinski definition) is 5. The van der Waals surface area contributed by atoms with Crippen LogP contribution in [0.1, 0.15) is 18.7 Å². The lowest BCUT2D eigenvalue weighted by atomic mass is 10.1. The fraction of sp³-hybridized carbons (Fsp3) is 0.429. The number of nitrogens with zero attached hydrogens (tertiary/aromatic N) is 3. The molecular weight excluding hydrogens is 256 g/mol. The minimum atomic E-state index is 0.175. The molecule has 2 rings (SSSR count). The molecule has 6 nitrogen and oxygen atoms in total. The fourth-order valence-corrected chi connectivity index (χ4v) is 2.03. The maximum absolute atomic E-state index is 5.37. The van der Waals surface area contributed by atoms with E-state index in [9.17, 15) is 0 Å². The van der Waals surface area contributed by atoms with Crippen molar-refractivity contribution in [2.24, 2.45) is 7.05 Å². The summed E-state index contributed by atoms with van der Waals surface area (Å²) < 4.78 is 12.0. The Morgan fingerprint density at radius 2 is 2.00 bits per heavy atom. The van der Waals surface area contributed by atoms with Crippen molar-refractivity contribution >= 4 is 0 Å². The zero-order valence-electron chi connectivity index (χ0n) is 12.3. The number of nitrogens with one attached hydrogen (secondary N) is 1. The van der Waals surface area contributed by atoms with Crippen LogP contribution in [0, 0.1) is 0 Å². The van der Waals surface area contributed by atoms with E-state index < -0.39 is 0 Å². The highest BCUT2D eigenvalue weighted by Crippen LogP contribution is 2.27. The highest BCUT2D eigenvalue weighted by molar-refractivity contribution is 5.62. The molecule has 1 heterocycles. The fourth-order valence-electron chi connectivity index (χ4n) is 2.03. The highest BCUT2D eigenvalue weighted by Gasteiger charge is 2.17. The monoisotopic (exact) mass is 276 g/mol. The molecule has 1 aromatic carbocycles. The maximum atomic E-state index is 5.37. The zero-order chi connectivity index (χ0) is 14.5. The van der Waals surface area contributed by atoms with E-state index in [1.54, 1.807) is 11.8 Å². The van der Waals surface area contributed by atoms with Gasteiger partial charge in [0.25, 0.3) is 0 Å². The minimum Gasteiger partial charge on any atom is -0.468 e. The molecule has 0 bridgehead atoms. The van der Waals surface area contributed by atoms with Gasteiger partial charge in [-0.25, -0.2) is 0 Å². The topological polar surface area (TPSA) is 61.2 Å². The second kappa shape index (κ2) is 6.49. The molecule has 0 aliphatic heterocycles. The molecule has 0 radical (unpaired) electrons. The van der Waals surface area contributed by atoms with Crippen molar-refractivity contribution in [1.29, 1.82) is 0 Å². The number of hydrogen-bond donors (Lipinski definition) is 1. The maximum Gasteiger partial charge on any atom is 0.188 e. The molecular formula is C14H20N4O2. The average molecular weight is 276 g/mol. The summed E-state index contributed by atoms with van der Waals surface area (Å²) in [4.78, 5) is 0. The lowest BCUT2D eigenvalue weighted by Gasteiger charge is -2.12. The Bertz CT molecular complexity index is 551. The Balaban J connectivity index is 2.28. The first kappa shape index (κ1) is 14.5. The van der Waals surface area contributed by atoms with E-state index in [1.807, 2.05) is 38.4 Å². The SMILES string of the molecule is CNC(C)c1c(-c2ccc(OCOC)cc2)nnn1C. The van der Waals surface area contributed by atoms with Gasteiger partial charge in [0.05, 0.1) is 5.69 Å². The van der Waals surface area contributed by atoms with Gasteiger partial charge >= 0.3 is 0 Å². The molecule has 0 amide bonds. The van der Waals surface area contributed by atoms with Crippen LogP contribution in [-0.4, -0.2) is 35.9 Å². The number of rotatable bonds is 6. The van der Waals surface area contributed by atoms with Crippen LogP contribution in [0.2, 0.25) is 0 Å². The molecule has 108 valence electrons. The van der Waals surface area contributed by atoms with Gasteiger partial charge in [0.15, 0.2) is 6.79 Å². The van der Waals surface area contributed by atoms with Gasteiger partial charge in [-0.05, 0) is 38.2 Å². The first-order valence-corrected chi connectivity index (χ1v) is 6.46. The summed E-state index contributed by atoms with van der Waals surface area (Å²) in [6.45, 7) is 2.32. The first-order chi connectivity index (χ1) is 9.67. The van der Waals surface area contributed by atoms with Crippen LogP contribution in [0.25, 0.3) is 11.3 Å². The number of aromatic nitrogens is 3. The molecule has 6 heteroatoms. The largest absolute Gasteiger partial charge is 0.468 e. The second-order valence-electron chi connectivity index (χ2n) is 4.53. The van der Waals surface area contributed by atoms with Crippen LogP contribution in [0.3, 0.4) is 0 Å². The third-order valence-electron chi connectivity index (χ3n) is 3.18. The van der Waals surface area contributed by atoms with Crippen LogP contribution < -0.4 is 10.1 Å². The quantitative estimate of drug-likeness (QED) is 0.814. The van der Waals surface area contributed by atoms with Crippen molar-refractivity contribution in [1.82, 2.24) is 20.3 Å². The van der Waals surface area contributed by atoms with Crippen molar-refractivity contribution in [3.05, 3.63) is 30.0 Å². The second-order valence-corrected chi connectivity index (χ2v) is 4.53. The van der Waals surface area contributed by atoms with Crippen molar-refractivity contribution < 1.29 is 9.47 Å². The third kappa shape index (κ3) is 2.97. The molecule has 0 fully saturated rings. The normalized spacial score (nSPS) is 12.4. The molecule has 1 unspecified atom stereocenters. The number of aryl methyl sites for hydroxylation is 1. The van der Waals surface area contributed by atoms with Crippen molar-refractivity contribution in [2.75, 3.05) is 21.0 Å². The smallest absolute Gasteiger partial charge is 0.188 e.